The second-order valence-corrected chi connectivity index (χ2v) is 7.28. The molecule has 3 heteroatoms. The molecule has 0 heterocycles. The molecule has 1 N–H and O–H groups in total. The fraction of sp³-hybridized carbons (Fsp3) is 0.600. The molecule has 0 aliphatic carbocycles. The highest BCUT2D eigenvalue weighted by atomic mass is 35.5. The summed E-state index contributed by atoms with van der Waals surface area (Å²) in [6.07, 6.45) is 1.23. The lowest BCUT2D eigenvalue weighted by Crippen LogP contribution is -2.22. The summed E-state index contributed by atoms with van der Waals surface area (Å²) < 4.78 is 0. The van der Waals surface area contributed by atoms with Crippen molar-refractivity contribution in [2.45, 2.75) is 32.9 Å². The van der Waals surface area contributed by atoms with Gasteiger partial charge in [0.25, 0.3) is 0 Å². The van der Waals surface area contributed by atoms with Crippen molar-refractivity contribution in [3.05, 3.63) is 34.9 Å². The predicted molar refractivity (Wildman–Crippen MR) is 84.6 cm³/mol. The molecule has 0 aliphatic rings. The van der Waals surface area contributed by atoms with Crippen molar-refractivity contribution in [2.75, 3.05) is 18.8 Å². The summed E-state index contributed by atoms with van der Waals surface area (Å²) in [5.41, 5.74) is 1.78. The topological polar surface area (TPSA) is 12.0 Å². The summed E-state index contributed by atoms with van der Waals surface area (Å²) in [6.45, 7) is 9.05. The first-order valence-electron chi connectivity index (χ1n) is 6.50. The minimum Gasteiger partial charge on any atom is -0.316 e. The van der Waals surface area contributed by atoms with Crippen molar-refractivity contribution in [1.82, 2.24) is 5.32 Å². The number of nitrogens with one attached hydrogen (secondary N) is 1. The van der Waals surface area contributed by atoms with Crippen molar-refractivity contribution < 1.29 is 0 Å². The molecule has 0 fully saturated rings. The smallest absolute Gasteiger partial charge is 0.0406 e. The third kappa shape index (κ3) is 8.02. The third-order valence-corrected chi connectivity index (χ3v) is 3.94. The maximum atomic E-state index is 5.85. The third-order valence-electron chi connectivity index (χ3n) is 2.66. The average molecular weight is 286 g/mol. The van der Waals surface area contributed by atoms with E-state index in [0.717, 1.165) is 29.6 Å². The van der Waals surface area contributed by atoms with Crippen LogP contribution in [-0.4, -0.2) is 18.8 Å². The van der Waals surface area contributed by atoms with Crippen LogP contribution in [0.4, 0.5) is 0 Å². The van der Waals surface area contributed by atoms with Crippen molar-refractivity contribution in [3.8, 4) is 0 Å². The molecular weight excluding hydrogens is 262 g/mol. The van der Waals surface area contributed by atoms with Gasteiger partial charge in [0.15, 0.2) is 0 Å². The first-order valence-corrected chi connectivity index (χ1v) is 8.03. The Labute approximate surface area is 121 Å². The van der Waals surface area contributed by atoms with E-state index in [1.807, 2.05) is 23.9 Å². The number of thioether (sulfide) groups is 1. The highest BCUT2D eigenvalue weighted by Gasteiger charge is 2.08. The Hall–Kier alpha value is -0.180. The van der Waals surface area contributed by atoms with E-state index in [2.05, 4.69) is 38.2 Å². The maximum Gasteiger partial charge on any atom is 0.0406 e. The van der Waals surface area contributed by atoms with Crippen LogP contribution in [0.25, 0.3) is 0 Å². The zero-order valence-electron chi connectivity index (χ0n) is 11.6. The van der Waals surface area contributed by atoms with Crippen LogP contribution < -0.4 is 5.32 Å². The summed E-state index contributed by atoms with van der Waals surface area (Å²) in [6, 6.07) is 8.11. The molecule has 0 bridgehead atoms. The van der Waals surface area contributed by atoms with Crippen LogP contribution in [0.3, 0.4) is 0 Å². The zero-order valence-corrected chi connectivity index (χ0v) is 13.2. The molecule has 1 nitrogen and oxygen atoms in total. The minimum atomic E-state index is 0.434. The molecule has 1 rings (SSSR count). The van der Waals surface area contributed by atoms with Crippen LogP contribution in [0.1, 0.15) is 32.8 Å². The van der Waals surface area contributed by atoms with Crippen molar-refractivity contribution in [3.63, 3.8) is 0 Å². The summed E-state index contributed by atoms with van der Waals surface area (Å²) in [7, 11) is 0. The van der Waals surface area contributed by atoms with E-state index >= 15 is 0 Å². The quantitative estimate of drug-likeness (QED) is 0.735. The molecule has 0 atom stereocenters. The lowest BCUT2D eigenvalue weighted by Gasteiger charge is -2.17. The molecule has 0 radical (unpaired) electrons. The van der Waals surface area contributed by atoms with E-state index in [9.17, 15) is 0 Å². The lowest BCUT2D eigenvalue weighted by atomic mass is 9.92. The van der Waals surface area contributed by atoms with Gasteiger partial charge < -0.3 is 5.32 Å². The summed E-state index contributed by atoms with van der Waals surface area (Å²) in [5.74, 6) is 2.23. The van der Waals surface area contributed by atoms with E-state index in [0.29, 0.717) is 5.41 Å². The van der Waals surface area contributed by atoms with Gasteiger partial charge in [-0.1, -0.05) is 44.5 Å². The monoisotopic (exact) mass is 285 g/mol. The molecule has 0 aliphatic heterocycles. The standard InChI is InChI=1S/C15H24ClNS/c1-15(2,3)8-9-17-10-11-18-12-13-4-6-14(16)7-5-13/h4-7,17H,8-12H2,1-3H3. The fourth-order valence-corrected chi connectivity index (χ4v) is 2.49. The first kappa shape index (κ1) is 15.9. The van der Waals surface area contributed by atoms with Gasteiger partial charge in [0, 0.05) is 23.1 Å². The zero-order chi connectivity index (χ0) is 13.4. The molecule has 0 saturated carbocycles. The fourth-order valence-electron chi connectivity index (χ4n) is 1.50. The molecular formula is C15H24ClNS. The van der Waals surface area contributed by atoms with Crippen LogP contribution in [0.15, 0.2) is 24.3 Å². The number of halogens is 1. The normalized spacial score (nSPS) is 11.8. The van der Waals surface area contributed by atoms with E-state index in [4.69, 9.17) is 11.6 Å². The number of rotatable bonds is 7. The van der Waals surface area contributed by atoms with Crippen LogP contribution in [-0.2, 0) is 5.75 Å². The number of benzene rings is 1. The Kier molecular flexibility index (Phi) is 7.13. The van der Waals surface area contributed by atoms with Crippen LogP contribution in [0.2, 0.25) is 5.02 Å². The highest BCUT2D eigenvalue weighted by molar-refractivity contribution is 7.98. The summed E-state index contributed by atoms with van der Waals surface area (Å²) in [4.78, 5) is 0. The van der Waals surface area contributed by atoms with E-state index < -0.39 is 0 Å². The summed E-state index contributed by atoms with van der Waals surface area (Å²) >= 11 is 7.81. The van der Waals surface area contributed by atoms with Gasteiger partial charge in [0.1, 0.15) is 0 Å². The number of hydrogen-bond donors (Lipinski definition) is 1. The summed E-state index contributed by atoms with van der Waals surface area (Å²) in [5, 5.41) is 4.31. The Morgan fingerprint density at radius 3 is 2.39 bits per heavy atom. The van der Waals surface area contributed by atoms with Crippen molar-refractivity contribution in [2.24, 2.45) is 5.41 Å². The Balaban J connectivity index is 2.00. The lowest BCUT2D eigenvalue weighted by molar-refractivity contribution is 0.369. The predicted octanol–water partition coefficient (Wildman–Crippen LogP) is 4.60. The molecule has 102 valence electrons. The van der Waals surface area contributed by atoms with Crippen molar-refractivity contribution in [1.29, 1.82) is 0 Å². The van der Waals surface area contributed by atoms with Gasteiger partial charge in [0.05, 0.1) is 0 Å². The van der Waals surface area contributed by atoms with E-state index in [1.54, 1.807) is 0 Å². The van der Waals surface area contributed by atoms with Crippen LogP contribution in [0, 0.1) is 5.41 Å². The largest absolute Gasteiger partial charge is 0.316 e. The Bertz CT molecular complexity index is 329. The first-order chi connectivity index (χ1) is 8.47. The van der Waals surface area contributed by atoms with E-state index in [-0.39, 0.29) is 0 Å². The van der Waals surface area contributed by atoms with Crippen molar-refractivity contribution >= 4 is 23.4 Å². The Morgan fingerprint density at radius 2 is 1.78 bits per heavy atom. The van der Waals surface area contributed by atoms with Gasteiger partial charge >= 0.3 is 0 Å². The molecule has 0 spiro atoms. The SMILES string of the molecule is CC(C)(C)CCNCCSCc1ccc(Cl)cc1. The molecule has 0 amide bonds. The molecule has 0 unspecified atom stereocenters. The Morgan fingerprint density at radius 1 is 1.11 bits per heavy atom. The van der Waals surface area contributed by atoms with Gasteiger partial charge in [-0.2, -0.15) is 11.8 Å². The van der Waals surface area contributed by atoms with Gasteiger partial charge in [-0.05, 0) is 36.1 Å². The van der Waals surface area contributed by atoms with E-state index in [1.165, 1.54) is 12.0 Å². The molecule has 0 saturated heterocycles. The molecule has 0 aromatic heterocycles. The molecule has 18 heavy (non-hydrogen) atoms. The average Bonchev–Trinajstić information content (AvgIpc) is 2.29. The molecule has 1 aromatic rings. The number of hydrogen-bond acceptors (Lipinski definition) is 2. The second-order valence-electron chi connectivity index (χ2n) is 5.74. The minimum absolute atomic E-state index is 0.434. The van der Waals surface area contributed by atoms with Crippen LogP contribution >= 0.6 is 23.4 Å². The maximum absolute atomic E-state index is 5.85. The second kappa shape index (κ2) is 8.08. The van der Waals surface area contributed by atoms with Gasteiger partial charge in [-0.3, -0.25) is 0 Å². The van der Waals surface area contributed by atoms with Gasteiger partial charge in [-0.25, -0.2) is 0 Å². The van der Waals surface area contributed by atoms with Crippen LogP contribution in [0.5, 0.6) is 0 Å². The van der Waals surface area contributed by atoms with Gasteiger partial charge in [-0.15, -0.1) is 0 Å². The molecule has 1 aromatic carbocycles. The van der Waals surface area contributed by atoms with Gasteiger partial charge in [0.2, 0.25) is 0 Å². The highest BCUT2D eigenvalue weighted by Crippen LogP contribution is 2.17.